The average molecular weight is 735 g/mol. The van der Waals surface area contributed by atoms with Crippen molar-refractivity contribution in [2.45, 2.75) is 52.2 Å². The number of nitrogens with one attached hydrogen (secondary N) is 2. The molecule has 2 N–H and O–H groups in total. The highest BCUT2D eigenvalue weighted by atomic mass is 19.1. The number of piperazine rings is 1. The van der Waals surface area contributed by atoms with Crippen LogP contribution in [-0.2, 0) is 16.1 Å². The van der Waals surface area contributed by atoms with Gasteiger partial charge in [-0.2, -0.15) is 0 Å². The molecule has 14 nitrogen and oxygen atoms in total. The molecule has 276 valence electrons. The zero-order valence-electron chi connectivity index (χ0n) is 29.8. The minimum atomic E-state index is -1.00. The summed E-state index contributed by atoms with van der Waals surface area (Å²) in [6.07, 6.45) is 2.96. The lowest BCUT2D eigenvalue weighted by Crippen LogP contribution is -2.54. The van der Waals surface area contributed by atoms with Gasteiger partial charge in [0.25, 0.3) is 11.8 Å². The number of anilines is 3. The molecule has 3 aromatic heterocycles. The van der Waals surface area contributed by atoms with Gasteiger partial charge in [0, 0.05) is 50.7 Å². The number of pyridine rings is 1. The molecule has 2 fully saturated rings. The summed E-state index contributed by atoms with van der Waals surface area (Å²) >= 11 is 0. The molecular formula is C38H36F2N10O4. The maximum Gasteiger partial charge on any atom is 0.262 e. The second kappa shape index (κ2) is 13.7. The van der Waals surface area contributed by atoms with E-state index in [4.69, 9.17) is 0 Å². The number of rotatable bonds is 8. The number of halogens is 2. The molecule has 1 atom stereocenters. The highest BCUT2D eigenvalue weighted by Crippen LogP contribution is 2.32. The van der Waals surface area contributed by atoms with Gasteiger partial charge in [-0.15, -0.1) is 0 Å². The summed E-state index contributed by atoms with van der Waals surface area (Å²) in [4.78, 5) is 73.0. The van der Waals surface area contributed by atoms with Crippen molar-refractivity contribution in [2.75, 3.05) is 36.4 Å². The summed E-state index contributed by atoms with van der Waals surface area (Å²) in [7, 11) is 0. The van der Waals surface area contributed by atoms with E-state index in [2.05, 4.69) is 40.4 Å². The first-order valence-electron chi connectivity index (χ1n) is 17.7. The normalized spacial score (nSPS) is 17.9. The zero-order valence-corrected chi connectivity index (χ0v) is 29.8. The number of piperidine rings is 1. The number of hydrogen-bond donors (Lipinski definition) is 2. The first-order chi connectivity index (χ1) is 25.9. The van der Waals surface area contributed by atoms with E-state index in [9.17, 15) is 19.2 Å². The molecule has 0 spiro atoms. The number of aromatic nitrogens is 5. The fourth-order valence-electron chi connectivity index (χ4n) is 7.49. The molecule has 2 saturated heterocycles. The largest absolute Gasteiger partial charge is 0.368 e. The van der Waals surface area contributed by atoms with Crippen LogP contribution in [-0.4, -0.2) is 90.2 Å². The molecule has 2 aromatic carbocycles. The summed E-state index contributed by atoms with van der Waals surface area (Å²) in [5.41, 5.74) is 3.31. The van der Waals surface area contributed by atoms with Gasteiger partial charge in [0.05, 0.1) is 34.7 Å². The smallest absolute Gasteiger partial charge is 0.262 e. The van der Waals surface area contributed by atoms with E-state index in [1.165, 1.54) is 6.07 Å². The van der Waals surface area contributed by atoms with Crippen LogP contribution in [0.3, 0.4) is 0 Å². The van der Waals surface area contributed by atoms with Gasteiger partial charge in [-0.1, -0.05) is 6.07 Å². The molecule has 4 amide bonds. The van der Waals surface area contributed by atoms with Gasteiger partial charge in [-0.05, 0) is 69.2 Å². The van der Waals surface area contributed by atoms with Crippen LogP contribution in [0, 0.1) is 18.6 Å². The van der Waals surface area contributed by atoms with Gasteiger partial charge in [0.2, 0.25) is 17.8 Å². The van der Waals surface area contributed by atoms with Crippen molar-refractivity contribution in [3.8, 4) is 11.3 Å². The SMILES string of the molecule is Cc1nc2c(F)cc(-c3nc(Nc4ccc(N5CCN(Cc6ccc7c(c6)C(=O)N(C6CCC(=O)NC6=O)C7=O)CC5)cn4)ncc3F)cc2n1C(C)C. The molecular weight excluding hydrogens is 698 g/mol. The number of carbonyl (C=O) groups is 4. The number of nitrogens with zero attached hydrogens (tertiary/aromatic N) is 8. The third-order valence-electron chi connectivity index (χ3n) is 10.1. The second-order valence-electron chi connectivity index (χ2n) is 14.0. The maximum atomic E-state index is 15.1. The van der Waals surface area contributed by atoms with E-state index in [0.29, 0.717) is 23.7 Å². The first-order valence-corrected chi connectivity index (χ1v) is 17.7. The first kappa shape index (κ1) is 34.9. The van der Waals surface area contributed by atoms with Crippen LogP contribution in [0.25, 0.3) is 22.3 Å². The standard InChI is InChI=1S/C38H36F2N10O4/c1-20(2)49-21(3)43-34-27(39)15-23(16-30(34)49)33-28(40)18-42-38(46-33)44-31-8-5-24(17-41-31)48-12-10-47(11-13-48)19-22-4-6-25-26(14-22)37(54)50(36(25)53)29-7-9-32(51)45-35(29)52/h4-6,8,14-18,20,29H,7,9-13,19H2,1-3H3,(H,45,51,52)(H,41,42,44,46). The Morgan fingerprint density at radius 2 is 1.67 bits per heavy atom. The Bertz CT molecular complexity index is 2350. The number of imide groups is 2. The molecule has 1 unspecified atom stereocenters. The number of benzene rings is 2. The number of aryl methyl sites for hydroxylation is 1. The quantitative estimate of drug-likeness (QED) is 0.216. The van der Waals surface area contributed by atoms with Crippen molar-refractivity contribution in [2.24, 2.45) is 0 Å². The summed E-state index contributed by atoms with van der Waals surface area (Å²) < 4.78 is 32.0. The average Bonchev–Trinajstić information content (AvgIpc) is 3.62. The topological polar surface area (TPSA) is 159 Å². The van der Waals surface area contributed by atoms with E-state index in [0.717, 1.165) is 48.5 Å². The highest BCUT2D eigenvalue weighted by Gasteiger charge is 2.44. The Kier molecular flexibility index (Phi) is 8.84. The Hall–Kier alpha value is -6.16. The van der Waals surface area contributed by atoms with Gasteiger partial charge in [0.15, 0.2) is 11.6 Å². The molecule has 0 aliphatic carbocycles. The second-order valence-corrected chi connectivity index (χ2v) is 14.0. The van der Waals surface area contributed by atoms with Crippen LogP contribution in [0.1, 0.15) is 64.8 Å². The molecule has 0 saturated carbocycles. The molecule has 8 rings (SSSR count). The van der Waals surface area contributed by atoms with Crippen molar-refractivity contribution in [3.63, 3.8) is 0 Å². The molecule has 6 heterocycles. The van der Waals surface area contributed by atoms with E-state index in [-0.39, 0.29) is 52.7 Å². The van der Waals surface area contributed by atoms with Crippen molar-refractivity contribution in [1.82, 2.24) is 39.6 Å². The summed E-state index contributed by atoms with van der Waals surface area (Å²) in [5.74, 6) is -2.13. The molecule has 3 aliphatic rings. The van der Waals surface area contributed by atoms with Crippen LogP contribution >= 0.6 is 0 Å². The van der Waals surface area contributed by atoms with Crippen molar-refractivity contribution in [3.05, 3.63) is 89.0 Å². The molecule has 0 bridgehead atoms. The van der Waals surface area contributed by atoms with E-state index in [1.54, 1.807) is 37.4 Å². The van der Waals surface area contributed by atoms with Crippen molar-refractivity contribution >= 4 is 52.1 Å². The third kappa shape index (κ3) is 6.31. The number of amides is 4. The minimum absolute atomic E-state index is 0.0237. The predicted molar refractivity (Wildman–Crippen MR) is 194 cm³/mol. The van der Waals surface area contributed by atoms with Gasteiger partial charge in [-0.25, -0.2) is 28.7 Å². The number of imidazole rings is 1. The maximum absolute atomic E-state index is 15.1. The van der Waals surface area contributed by atoms with E-state index < -0.39 is 41.3 Å². The van der Waals surface area contributed by atoms with Crippen LogP contribution in [0.2, 0.25) is 0 Å². The lowest BCUT2D eigenvalue weighted by molar-refractivity contribution is -0.136. The number of fused-ring (bicyclic) bond motifs is 2. The van der Waals surface area contributed by atoms with Gasteiger partial charge < -0.3 is 14.8 Å². The predicted octanol–water partition coefficient (Wildman–Crippen LogP) is 4.52. The Labute approximate surface area is 308 Å². The van der Waals surface area contributed by atoms with Crippen LogP contribution in [0.5, 0.6) is 0 Å². The summed E-state index contributed by atoms with van der Waals surface area (Å²) in [6.45, 7) is 9.25. The molecule has 16 heteroatoms. The number of hydrogen-bond acceptors (Lipinski definition) is 11. The molecule has 5 aromatic rings. The Morgan fingerprint density at radius 1 is 0.889 bits per heavy atom. The summed E-state index contributed by atoms with van der Waals surface area (Å²) in [5, 5.41) is 5.24. The van der Waals surface area contributed by atoms with Gasteiger partial charge >= 0.3 is 0 Å². The van der Waals surface area contributed by atoms with Crippen LogP contribution in [0.15, 0.2) is 54.9 Å². The van der Waals surface area contributed by atoms with E-state index >= 15 is 8.78 Å². The Morgan fingerprint density at radius 3 is 2.39 bits per heavy atom. The lowest BCUT2D eigenvalue weighted by atomic mass is 10.0. The monoisotopic (exact) mass is 734 g/mol. The minimum Gasteiger partial charge on any atom is -0.368 e. The highest BCUT2D eigenvalue weighted by molar-refractivity contribution is 6.23. The van der Waals surface area contributed by atoms with Crippen LogP contribution in [0.4, 0.5) is 26.2 Å². The Balaban J connectivity index is 0.894. The van der Waals surface area contributed by atoms with Gasteiger partial charge in [0.1, 0.15) is 28.9 Å². The summed E-state index contributed by atoms with van der Waals surface area (Å²) in [6, 6.07) is 10.8. The fraction of sp³-hybridized carbons (Fsp3) is 0.316. The van der Waals surface area contributed by atoms with Crippen molar-refractivity contribution < 1.29 is 28.0 Å². The van der Waals surface area contributed by atoms with Crippen molar-refractivity contribution in [1.29, 1.82) is 0 Å². The van der Waals surface area contributed by atoms with Gasteiger partial charge in [-0.3, -0.25) is 34.3 Å². The fourth-order valence-corrected chi connectivity index (χ4v) is 7.49. The van der Waals surface area contributed by atoms with Crippen LogP contribution < -0.4 is 15.5 Å². The lowest BCUT2D eigenvalue weighted by Gasteiger charge is -2.36. The van der Waals surface area contributed by atoms with E-state index in [1.807, 2.05) is 30.5 Å². The molecule has 3 aliphatic heterocycles. The number of carbonyl (C=O) groups excluding carboxylic acids is 4. The zero-order chi connectivity index (χ0) is 37.8. The molecule has 0 radical (unpaired) electrons. The third-order valence-corrected chi connectivity index (χ3v) is 10.1. The molecule has 54 heavy (non-hydrogen) atoms.